The minimum absolute atomic E-state index is 0.0344. The van der Waals surface area contributed by atoms with Crippen LogP contribution in [0.1, 0.15) is 18.4 Å². The van der Waals surface area contributed by atoms with Crippen molar-refractivity contribution in [1.29, 1.82) is 0 Å². The Labute approximate surface area is 120 Å². The lowest BCUT2D eigenvalue weighted by Gasteiger charge is -2.23. The average molecular weight is 330 g/mol. The van der Waals surface area contributed by atoms with Crippen LogP contribution in [0.4, 0.5) is 0 Å². The molecule has 0 radical (unpaired) electrons. The Hall–Kier alpha value is -0.650. The molecule has 1 aromatic rings. The predicted octanol–water partition coefficient (Wildman–Crippen LogP) is 3.20. The van der Waals surface area contributed by atoms with Crippen molar-refractivity contribution in [3.63, 3.8) is 0 Å². The van der Waals surface area contributed by atoms with E-state index in [1.807, 2.05) is 6.07 Å². The summed E-state index contributed by atoms with van der Waals surface area (Å²) in [5.41, 5.74) is 1.14. The van der Waals surface area contributed by atoms with Gasteiger partial charge in [0.1, 0.15) is 0 Å². The summed E-state index contributed by atoms with van der Waals surface area (Å²) in [7, 11) is 0. The lowest BCUT2D eigenvalue weighted by molar-refractivity contribution is -0.128. The summed E-state index contributed by atoms with van der Waals surface area (Å²) in [6.07, 6.45) is 3.67. The van der Waals surface area contributed by atoms with Crippen LogP contribution in [0.15, 0.2) is 27.9 Å². The second-order valence-corrected chi connectivity index (χ2v) is 6.61. The maximum absolute atomic E-state index is 11.9. The molecule has 1 amide bonds. The fraction of sp³-hybridized carbons (Fsp3) is 0.462. The third-order valence-corrected chi connectivity index (χ3v) is 4.48. The lowest BCUT2D eigenvalue weighted by Crippen LogP contribution is -2.35. The molecule has 1 saturated heterocycles. The molecular weight excluding hydrogens is 314 g/mol. The first-order valence-electron chi connectivity index (χ1n) is 5.95. The molecule has 0 bridgehead atoms. The van der Waals surface area contributed by atoms with Gasteiger partial charge in [0.2, 0.25) is 5.91 Å². The minimum atomic E-state index is -0.0344. The van der Waals surface area contributed by atoms with Crippen LogP contribution in [0.3, 0.4) is 0 Å². The van der Waals surface area contributed by atoms with E-state index in [2.05, 4.69) is 27.9 Å². The molecule has 5 heteroatoms. The zero-order chi connectivity index (χ0) is 13.0. The molecule has 1 fully saturated rings. The van der Waals surface area contributed by atoms with Gasteiger partial charge in [-0.1, -0.05) is 6.58 Å². The van der Waals surface area contributed by atoms with Gasteiger partial charge in [0, 0.05) is 19.7 Å². The molecular formula is C13H16BrNO2S. The third kappa shape index (κ3) is 3.67. The summed E-state index contributed by atoms with van der Waals surface area (Å²) in [6.45, 7) is 5.64. The second kappa shape index (κ2) is 6.50. The molecule has 1 atom stereocenters. The molecule has 1 aliphatic heterocycles. The van der Waals surface area contributed by atoms with E-state index in [0.29, 0.717) is 13.1 Å². The highest BCUT2D eigenvalue weighted by Gasteiger charge is 2.21. The number of hydrogen-bond acceptors (Lipinski definition) is 3. The molecule has 3 nitrogen and oxygen atoms in total. The van der Waals surface area contributed by atoms with Crippen LogP contribution in [0.25, 0.3) is 0 Å². The van der Waals surface area contributed by atoms with Crippen LogP contribution in [0.2, 0.25) is 0 Å². The number of carbonyl (C=O) groups excluding carboxylic acids is 1. The van der Waals surface area contributed by atoms with Crippen molar-refractivity contribution in [2.75, 3.05) is 13.2 Å². The highest BCUT2D eigenvalue weighted by atomic mass is 79.9. The molecule has 0 spiro atoms. The smallest absolute Gasteiger partial charge is 0.246 e. The van der Waals surface area contributed by atoms with Crippen molar-refractivity contribution >= 4 is 33.2 Å². The van der Waals surface area contributed by atoms with Crippen molar-refractivity contribution in [1.82, 2.24) is 4.90 Å². The largest absolute Gasteiger partial charge is 0.376 e. The molecule has 18 heavy (non-hydrogen) atoms. The van der Waals surface area contributed by atoms with E-state index in [4.69, 9.17) is 4.74 Å². The first kappa shape index (κ1) is 13.8. The Kier molecular flexibility index (Phi) is 4.97. The minimum Gasteiger partial charge on any atom is -0.376 e. The molecule has 1 aliphatic rings. The van der Waals surface area contributed by atoms with Gasteiger partial charge >= 0.3 is 0 Å². The standard InChI is InChI=1S/C13H16BrNO2S/c1-2-13(16)15(8-11-4-3-5-17-11)7-10-6-12(14)18-9-10/h2,6,9,11H,1,3-5,7-8H2/t11-/m1/s1. The first-order valence-corrected chi connectivity index (χ1v) is 7.62. The maximum Gasteiger partial charge on any atom is 0.246 e. The highest BCUT2D eigenvalue weighted by Crippen LogP contribution is 2.22. The van der Waals surface area contributed by atoms with Gasteiger partial charge in [0.05, 0.1) is 9.89 Å². The van der Waals surface area contributed by atoms with Crippen molar-refractivity contribution < 1.29 is 9.53 Å². The Balaban J connectivity index is 1.99. The number of rotatable bonds is 5. The third-order valence-electron chi connectivity index (χ3n) is 2.93. The van der Waals surface area contributed by atoms with Crippen LogP contribution in [-0.2, 0) is 16.1 Å². The van der Waals surface area contributed by atoms with Gasteiger partial charge in [0.25, 0.3) is 0 Å². The van der Waals surface area contributed by atoms with Gasteiger partial charge in [-0.2, -0.15) is 0 Å². The van der Waals surface area contributed by atoms with E-state index in [9.17, 15) is 4.79 Å². The van der Waals surface area contributed by atoms with E-state index < -0.39 is 0 Å². The number of ether oxygens (including phenoxy) is 1. The molecule has 0 N–H and O–H groups in total. The number of nitrogens with zero attached hydrogens (tertiary/aromatic N) is 1. The number of amides is 1. The normalized spacial score (nSPS) is 18.8. The Morgan fingerprint density at radius 3 is 3.11 bits per heavy atom. The summed E-state index contributed by atoms with van der Waals surface area (Å²) >= 11 is 5.06. The van der Waals surface area contributed by atoms with Gasteiger partial charge < -0.3 is 9.64 Å². The Morgan fingerprint density at radius 2 is 2.56 bits per heavy atom. The van der Waals surface area contributed by atoms with E-state index in [-0.39, 0.29) is 12.0 Å². The number of hydrogen-bond donors (Lipinski definition) is 0. The van der Waals surface area contributed by atoms with E-state index >= 15 is 0 Å². The van der Waals surface area contributed by atoms with Gasteiger partial charge in [-0.25, -0.2) is 0 Å². The van der Waals surface area contributed by atoms with E-state index in [1.165, 1.54) is 6.08 Å². The Morgan fingerprint density at radius 1 is 1.72 bits per heavy atom. The van der Waals surface area contributed by atoms with Crippen molar-refractivity contribution in [3.05, 3.63) is 33.5 Å². The molecule has 2 rings (SSSR count). The zero-order valence-electron chi connectivity index (χ0n) is 10.1. The number of thiophene rings is 1. The van der Waals surface area contributed by atoms with Gasteiger partial charge in [0.15, 0.2) is 0 Å². The zero-order valence-corrected chi connectivity index (χ0v) is 12.5. The second-order valence-electron chi connectivity index (χ2n) is 4.32. The van der Waals surface area contributed by atoms with Crippen LogP contribution in [-0.4, -0.2) is 30.1 Å². The molecule has 0 saturated carbocycles. The number of halogens is 1. The van der Waals surface area contributed by atoms with Crippen LogP contribution >= 0.6 is 27.3 Å². The summed E-state index contributed by atoms with van der Waals surface area (Å²) in [5, 5.41) is 2.06. The summed E-state index contributed by atoms with van der Waals surface area (Å²) in [5.74, 6) is -0.0344. The fourth-order valence-corrected chi connectivity index (χ4v) is 3.25. The molecule has 0 unspecified atom stereocenters. The molecule has 2 heterocycles. The highest BCUT2D eigenvalue weighted by molar-refractivity contribution is 9.11. The summed E-state index contributed by atoms with van der Waals surface area (Å²) < 4.78 is 6.67. The number of carbonyl (C=O) groups is 1. The van der Waals surface area contributed by atoms with Gasteiger partial charge in [-0.05, 0) is 51.9 Å². The molecule has 98 valence electrons. The van der Waals surface area contributed by atoms with Crippen LogP contribution < -0.4 is 0 Å². The van der Waals surface area contributed by atoms with Crippen LogP contribution in [0.5, 0.6) is 0 Å². The predicted molar refractivity (Wildman–Crippen MR) is 76.6 cm³/mol. The summed E-state index contributed by atoms with van der Waals surface area (Å²) in [6, 6.07) is 2.05. The van der Waals surface area contributed by atoms with Crippen molar-refractivity contribution in [2.45, 2.75) is 25.5 Å². The average Bonchev–Trinajstić information content (AvgIpc) is 2.99. The van der Waals surface area contributed by atoms with E-state index in [1.54, 1.807) is 16.2 Å². The Bertz CT molecular complexity index is 426. The SMILES string of the molecule is C=CC(=O)N(Cc1csc(Br)c1)C[C@H]1CCCO1. The first-order chi connectivity index (χ1) is 8.69. The summed E-state index contributed by atoms with van der Waals surface area (Å²) in [4.78, 5) is 13.7. The fourth-order valence-electron chi connectivity index (χ4n) is 2.04. The van der Waals surface area contributed by atoms with E-state index in [0.717, 1.165) is 28.8 Å². The quantitative estimate of drug-likeness (QED) is 0.776. The molecule has 0 aromatic carbocycles. The molecule has 1 aromatic heterocycles. The lowest BCUT2D eigenvalue weighted by atomic mass is 10.2. The topological polar surface area (TPSA) is 29.5 Å². The van der Waals surface area contributed by atoms with Crippen LogP contribution in [0, 0.1) is 0 Å². The van der Waals surface area contributed by atoms with Gasteiger partial charge in [-0.3, -0.25) is 4.79 Å². The van der Waals surface area contributed by atoms with Gasteiger partial charge in [-0.15, -0.1) is 11.3 Å². The molecule has 0 aliphatic carbocycles. The van der Waals surface area contributed by atoms with Crippen molar-refractivity contribution in [2.24, 2.45) is 0 Å². The monoisotopic (exact) mass is 329 g/mol. The maximum atomic E-state index is 11.9. The van der Waals surface area contributed by atoms with Crippen molar-refractivity contribution in [3.8, 4) is 0 Å².